The Kier molecular flexibility index (Phi) is 4.72. The molecule has 3 N–H and O–H groups in total. The van der Waals surface area contributed by atoms with Gasteiger partial charge in [0.05, 0.1) is 31.5 Å². The van der Waals surface area contributed by atoms with Crippen molar-refractivity contribution in [2.75, 3.05) is 26.6 Å². The highest BCUT2D eigenvalue weighted by molar-refractivity contribution is 7.17. The van der Waals surface area contributed by atoms with Gasteiger partial charge in [-0.1, -0.05) is 0 Å². The molecule has 0 fully saturated rings. The minimum Gasteiger partial charge on any atom is -0.505 e. The Balaban J connectivity index is 2.02. The van der Waals surface area contributed by atoms with E-state index in [1.807, 2.05) is 0 Å². The van der Waals surface area contributed by atoms with Gasteiger partial charge in [-0.25, -0.2) is 0 Å². The standard InChI is InChI=1S/C17H16N2O6S/c1-23-10-6-8(7-11(24-2)14(10)25-3)18-16(21)12-13(20)15-9(4-5-26-15)19-17(12)22/h4-7H,1-3H3,(H,18,21)(H2,19,20,22). The van der Waals surface area contributed by atoms with Crippen molar-refractivity contribution in [1.29, 1.82) is 0 Å². The molecule has 8 nitrogen and oxygen atoms in total. The molecule has 2 aromatic heterocycles. The predicted octanol–water partition coefficient (Wildman–Crippen LogP) is 2.57. The number of methoxy groups -OCH3 is 3. The first kappa shape index (κ1) is 17.6. The van der Waals surface area contributed by atoms with Gasteiger partial charge in [0.1, 0.15) is 5.56 Å². The van der Waals surface area contributed by atoms with Crippen LogP contribution in [0.1, 0.15) is 10.4 Å². The number of amides is 1. The SMILES string of the molecule is COc1cc(NC(=O)c2c(O)c3sccc3[nH]c2=O)cc(OC)c1OC. The number of rotatable bonds is 5. The Bertz CT molecular complexity index is 1010. The van der Waals surface area contributed by atoms with Gasteiger partial charge < -0.3 is 29.6 Å². The molecule has 0 saturated heterocycles. The van der Waals surface area contributed by atoms with Crippen LogP contribution in [0.25, 0.3) is 10.2 Å². The number of aromatic amines is 1. The molecule has 0 saturated carbocycles. The predicted molar refractivity (Wildman–Crippen MR) is 98.2 cm³/mol. The molecule has 9 heteroatoms. The second kappa shape index (κ2) is 6.96. The molecule has 1 aromatic carbocycles. The summed E-state index contributed by atoms with van der Waals surface area (Å²) in [7, 11) is 4.36. The van der Waals surface area contributed by atoms with Crippen LogP contribution in [0.3, 0.4) is 0 Å². The molecule has 0 spiro atoms. The van der Waals surface area contributed by atoms with Crippen LogP contribution in [0, 0.1) is 0 Å². The van der Waals surface area contributed by atoms with Crippen LogP contribution in [0.15, 0.2) is 28.4 Å². The molecular formula is C17H16N2O6S. The summed E-state index contributed by atoms with van der Waals surface area (Å²) < 4.78 is 16.1. The average Bonchev–Trinajstić information content (AvgIpc) is 3.09. The van der Waals surface area contributed by atoms with Gasteiger partial charge in [0.2, 0.25) is 5.75 Å². The van der Waals surface area contributed by atoms with Gasteiger partial charge in [-0.2, -0.15) is 0 Å². The Hall–Kier alpha value is -3.20. The zero-order valence-electron chi connectivity index (χ0n) is 14.2. The second-order valence-electron chi connectivity index (χ2n) is 5.21. The van der Waals surface area contributed by atoms with E-state index in [2.05, 4.69) is 10.3 Å². The van der Waals surface area contributed by atoms with Crippen molar-refractivity contribution in [2.45, 2.75) is 0 Å². The third kappa shape index (κ3) is 2.93. The van der Waals surface area contributed by atoms with Gasteiger partial charge in [0.25, 0.3) is 11.5 Å². The van der Waals surface area contributed by atoms with Gasteiger partial charge >= 0.3 is 0 Å². The highest BCUT2D eigenvalue weighted by atomic mass is 32.1. The molecule has 3 aromatic rings. The third-order valence-corrected chi connectivity index (χ3v) is 4.66. The van der Waals surface area contributed by atoms with Crippen LogP contribution < -0.4 is 25.1 Å². The van der Waals surface area contributed by atoms with E-state index in [-0.39, 0.29) is 11.3 Å². The summed E-state index contributed by atoms with van der Waals surface area (Å²) in [4.78, 5) is 27.3. The molecule has 3 rings (SSSR count). The van der Waals surface area contributed by atoms with Crippen molar-refractivity contribution < 1.29 is 24.1 Å². The summed E-state index contributed by atoms with van der Waals surface area (Å²) in [6.45, 7) is 0. The van der Waals surface area contributed by atoms with Gasteiger partial charge in [-0.05, 0) is 11.4 Å². The maximum absolute atomic E-state index is 12.6. The van der Waals surface area contributed by atoms with Crippen LogP contribution >= 0.6 is 11.3 Å². The van der Waals surface area contributed by atoms with Crippen molar-refractivity contribution >= 4 is 33.1 Å². The number of benzene rings is 1. The lowest BCUT2D eigenvalue weighted by molar-refractivity contribution is 0.102. The number of aromatic nitrogens is 1. The lowest BCUT2D eigenvalue weighted by atomic mass is 10.2. The first-order chi connectivity index (χ1) is 12.5. The fourth-order valence-electron chi connectivity index (χ4n) is 2.55. The molecule has 0 aliphatic rings. The normalized spacial score (nSPS) is 10.6. The molecule has 0 bridgehead atoms. The number of hydrogen-bond acceptors (Lipinski definition) is 7. The smallest absolute Gasteiger partial charge is 0.265 e. The van der Waals surface area contributed by atoms with Crippen LogP contribution in [-0.4, -0.2) is 37.3 Å². The van der Waals surface area contributed by atoms with E-state index in [0.29, 0.717) is 33.2 Å². The summed E-state index contributed by atoms with van der Waals surface area (Å²) in [5, 5.41) is 14.6. The number of ether oxygens (including phenoxy) is 3. The topological polar surface area (TPSA) is 110 Å². The highest BCUT2D eigenvalue weighted by Gasteiger charge is 2.21. The van der Waals surface area contributed by atoms with E-state index in [1.165, 1.54) is 44.8 Å². The fraction of sp³-hybridized carbons (Fsp3) is 0.176. The van der Waals surface area contributed by atoms with Crippen molar-refractivity contribution in [1.82, 2.24) is 4.98 Å². The number of aromatic hydroxyl groups is 1. The van der Waals surface area contributed by atoms with Crippen molar-refractivity contribution in [2.24, 2.45) is 0 Å². The molecule has 26 heavy (non-hydrogen) atoms. The number of carbonyl (C=O) groups is 1. The van der Waals surface area contributed by atoms with Gasteiger partial charge in [-0.3, -0.25) is 9.59 Å². The third-order valence-electron chi connectivity index (χ3n) is 3.74. The first-order valence-corrected chi connectivity index (χ1v) is 8.32. The molecule has 0 atom stereocenters. The number of pyridine rings is 1. The maximum atomic E-state index is 12.6. The zero-order chi connectivity index (χ0) is 18.8. The van der Waals surface area contributed by atoms with E-state index < -0.39 is 11.5 Å². The molecule has 0 radical (unpaired) electrons. The summed E-state index contributed by atoms with van der Waals surface area (Å²) >= 11 is 1.22. The average molecular weight is 376 g/mol. The number of anilines is 1. The number of H-pyrrole nitrogens is 1. The van der Waals surface area contributed by atoms with Crippen molar-refractivity contribution in [3.8, 4) is 23.0 Å². The number of thiophene rings is 1. The second-order valence-corrected chi connectivity index (χ2v) is 6.13. The van der Waals surface area contributed by atoms with Crippen LogP contribution in [0.2, 0.25) is 0 Å². The lowest BCUT2D eigenvalue weighted by Gasteiger charge is -2.14. The summed E-state index contributed by atoms with van der Waals surface area (Å²) in [6, 6.07) is 4.70. The van der Waals surface area contributed by atoms with Gasteiger partial charge in [-0.15, -0.1) is 11.3 Å². The van der Waals surface area contributed by atoms with Gasteiger partial charge in [0, 0.05) is 17.8 Å². The molecular weight excluding hydrogens is 360 g/mol. The fourth-order valence-corrected chi connectivity index (χ4v) is 3.35. The summed E-state index contributed by atoms with van der Waals surface area (Å²) in [5.41, 5.74) is -0.261. The monoisotopic (exact) mass is 376 g/mol. The van der Waals surface area contributed by atoms with Crippen LogP contribution in [-0.2, 0) is 0 Å². The number of hydrogen-bond donors (Lipinski definition) is 3. The summed E-state index contributed by atoms with van der Waals surface area (Å²) in [5.74, 6) is -0.0614. The number of fused-ring (bicyclic) bond motifs is 1. The van der Waals surface area contributed by atoms with E-state index in [9.17, 15) is 14.7 Å². The van der Waals surface area contributed by atoms with E-state index in [1.54, 1.807) is 11.4 Å². The zero-order valence-corrected chi connectivity index (χ0v) is 15.0. The Labute approximate surface area is 151 Å². The van der Waals surface area contributed by atoms with Crippen LogP contribution in [0.5, 0.6) is 23.0 Å². The van der Waals surface area contributed by atoms with E-state index >= 15 is 0 Å². The summed E-state index contributed by atoms with van der Waals surface area (Å²) in [6.07, 6.45) is 0. The quantitative estimate of drug-likeness (QED) is 0.631. The van der Waals surface area contributed by atoms with Crippen LogP contribution in [0.4, 0.5) is 5.69 Å². The van der Waals surface area contributed by atoms with E-state index in [4.69, 9.17) is 14.2 Å². The Morgan fingerprint density at radius 1 is 1.15 bits per heavy atom. The largest absolute Gasteiger partial charge is 0.505 e. The van der Waals surface area contributed by atoms with Crippen molar-refractivity contribution in [3.05, 3.63) is 39.5 Å². The first-order valence-electron chi connectivity index (χ1n) is 7.44. The minimum atomic E-state index is -0.756. The molecule has 0 unspecified atom stereocenters. The van der Waals surface area contributed by atoms with E-state index in [0.717, 1.165) is 0 Å². The Morgan fingerprint density at radius 3 is 2.38 bits per heavy atom. The maximum Gasteiger partial charge on any atom is 0.265 e. The molecule has 1 amide bonds. The Morgan fingerprint density at radius 2 is 1.81 bits per heavy atom. The van der Waals surface area contributed by atoms with Gasteiger partial charge in [0.15, 0.2) is 17.2 Å². The highest BCUT2D eigenvalue weighted by Crippen LogP contribution is 2.40. The number of nitrogens with one attached hydrogen (secondary N) is 2. The molecule has 0 aliphatic heterocycles. The van der Waals surface area contributed by atoms with Crippen molar-refractivity contribution in [3.63, 3.8) is 0 Å². The number of carbonyl (C=O) groups excluding carboxylic acids is 1. The lowest BCUT2D eigenvalue weighted by Crippen LogP contribution is -2.23. The molecule has 136 valence electrons. The minimum absolute atomic E-state index is 0.314. The molecule has 2 heterocycles. The molecule has 0 aliphatic carbocycles.